The molecule has 120 valence electrons. The van der Waals surface area contributed by atoms with Gasteiger partial charge in [-0.15, -0.1) is 6.42 Å². The van der Waals surface area contributed by atoms with Gasteiger partial charge < -0.3 is 9.47 Å². The molecule has 0 radical (unpaired) electrons. The average molecular weight is 311 g/mol. The Morgan fingerprint density at radius 1 is 1.26 bits per heavy atom. The maximum absolute atomic E-state index is 5.70. The summed E-state index contributed by atoms with van der Waals surface area (Å²) in [5.74, 6) is 4.79. The summed E-state index contributed by atoms with van der Waals surface area (Å²) in [6, 6.07) is 3.92. The summed E-state index contributed by atoms with van der Waals surface area (Å²) < 4.78 is 10.8. The molecule has 2 rings (SSSR count). The zero-order valence-electron chi connectivity index (χ0n) is 13.7. The monoisotopic (exact) mass is 311 g/mol. The van der Waals surface area contributed by atoms with Crippen LogP contribution >= 0.6 is 0 Å². The van der Waals surface area contributed by atoms with Gasteiger partial charge in [-0.3, -0.25) is 4.98 Å². The van der Waals surface area contributed by atoms with Crippen LogP contribution in [0.3, 0.4) is 0 Å². The van der Waals surface area contributed by atoms with E-state index in [1.165, 1.54) is 0 Å². The van der Waals surface area contributed by atoms with E-state index in [1.54, 1.807) is 19.5 Å². The fraction of sp³-hybridized carbons (Fsp3) is 0.389. The van der Waals surface area contributed by atoms with Crippen molar-refractivity contribution in [1.82, 2.24) is 15.0 Å². The van der Waals surface area contributed by atoms with Gasteiger partial charge in [-0.05, 0) is 37.8 Å². The van der Waals surface area contributed by atoms with Crippen LogP contribution in [0, 0.1) is 19.3 Å². The molecule has 0 saturated heterocycles. The zero-order valence-corrected chi connectivity index (χ0v) is 13.7. The fourth-order valence-electron chi connectivity index (χ4n) is 2.17. The Bertz CT molecular complexity index is 678. The van der Waals surface area contributed by atoms with E-state index in [0.29, 0.717) is 29.8 Å². The Labute approximate surface area is 137 Å². The lowest BCUT2D eigenvalue weighted by Crippen LogP contribution is -2.05. The van der Waals surface area contributed by atoms with Crippen LogP contribution in [0.25, 0.3) is 0 Å². The summed E-state index contributed by atoms with van der Waals surface area (Å²) in [7, 11) is 1.64. The van der Waals surface area contributed by atoms with Crippen LogP contribution in [-0.2, 0) is 0 Å². The summed E-state index contributed by atoms with van der Waals surface area (Å²) in [6.45, 7) is 4.52. The van der Waals surface area contributed by atoms with Crippen molar-refractivity contribution in [3.05, 3.63) is 41.6 Å². The van der Waals surface area contributed by atoms with E-state index in [1.807, 2.05) is 19.1 Å². The van der Waals surface area contributed by atoms with Crippen LogP contribution in [0.1, 0.15) is 42.8 Å². The van der Waals surface area contributed by atoms with Gasteiger partial charge in [-0.1, -0.05) is 12.8 Å². The minimum absolute atomic E-state index is 0.351. The highest BCUT2D eigenvalue weighted by Crippen LogP contribution is 2.21. The normalized spacial score (nSPS) is 11.6. The predicted molar refractivity (Wildman–Crippen MR) is 88.6 cm³/mol. The predicted octanol–water partition coefficient (Wildman–Crippen LogP) is 3.13. The number of hydrogen-bond acceptors (Lipinski definition) is 5. The van der Waals surface area contributed by atoms with Gasteiger partial charge in [0.05, 0.1) is 26.1 Å². The fourth-order valence-corrected chi connectivity index (χ4v) is 2.17. The van der Waals surface area contributed by atoms with Crippen molar-refractivity contribution in [2.75, 3.05) is 13.7 Å². The maximum atomic E-state index is 5.70. The van der Waals surface area contributed by atoms with Crippen molar-refractivity contribution in [3.8, 4) is 24.0 Å². The number of aryl methyl sites for hydroxylation is 1. The lowest BCUT2D eigenvalue weighted by atomic mass is 10.0. The SMILES string of the molecule is C#Cc1cnc(C)nc1OCCC[C@@H](C)c1ccc(OC)cn1. The van der Waals surface area contributed by atoms with Gasteiger partial charge >= 0.3 is 0 Å². The van der Waals surface area contributed by atoms with E-state index in [-0.39, 0.29) is 0 Å². The Hall–Kier alpha value is -2.61. The third kappa shape index (κ3) is 4.68. The topological polar surface area (TPSA) is 57.1 Å². The average Bonchev–Trinajstić information content (AvgIpc) is 2.58. The second-order valence-corrected chi connectivity index (χ2v) is 5.30. The Kier molecular flexibility index (Phi) is 5.93. The first-order valence-corrected chi connectivity index (χ1v) is 7.57. The minimum Gasteiger partial charge on any atom is -0.495 e. The molecular formula is C18H21N3O2. The van der Waals surface area contributed by atoms with Gasteiger partial charge in [0.15, 0.2) is 0 Å². The molecule has 5 heteroatoms. The van der Waals surface area contributed by atoms with E-state index in [4.69, 9.17) is 15.9 Å². The van der Waals surface area contributed by atoms with Crippen molar-refractivity contribution < 1.29 is 9.47 Å². The standard InChI is InChI=1S/C18H21N3O2/c1-5-15-11-19-14(3)21-18(15)23-10-6-7-13(2)17-9-8-16(22-4)12-20-17/h1,8-9,11-13H,6-7,10H2,2-4H3/t13-/m1/s1. The number of nitrogens with zero attached hydrogens (tertiary/aromatic N) is 3. The highest BCUT2D eigenvalue weighted by atomic mass is 16.5. The third-order valence-corrected chi connectivity index (χ3v) is 3.55. The number of hydrogen-bond donors (Lipinski definition) is 0. The van der Waals surface area contributed by atoms with Crippen molar-refractivity contribution in [1.29, 1.82) is 0 Å². The van der Waals surface area contributed by atoms with E-state index in [0.717, 1.165) is 24.3 Å². The second kappa shape index (κ2) is 8.14. The molecule has 0 saturated carbocycles. The lowest BCUT2D eigenvalue weighted by molar-refractivity contribution is 0.289. The van der Waals surface area contributed by atoms with Crippen LogP contribution in [0.4, 0.5) is 0 Å². The summed E-state index contributed by atoms with van der Waals surface area (Å²) in [4.78, 5) is 12.7. The molecule has 1 atom stereocenters. The molecule has 0 aromatic carbocycles. The number of aromatic nitrogens is 3. The first-order chi connectivity index (χ1) is 11.1. The summed E-state index contributed by atoms with van der Waals surface area (Å²) >= 11 is 0. The zero-order chi connectivity index (χ0) is 16.7. The second-order valence-electron chi connectivity index (χ2n) is 5.30. The molecule has 0 aliphatic heterocycles. The lowest BCUT2D eigenvalue weighted by Gasteiger charge is -2.12. The van der Waals surface area contributed by atoms with Crippen molar-refractivity contribution >= 4 is 0 Å². The number of methoxy groups -OCH3 is 1. The first-order valence-electron chi connectivity index (χ1n) is 7.57. The van der Waals surface area contributed by atoms with Crippen molar-refractivity contribution in [2.45, 2.75) is 32.6 Å². The molecule has 0 amide bonds. The smallest absolute Gasteiger partial charge is 0.232 e. The van der Waals surface area contributed by atoms with Gasteiger partial charge in [-0.2, -0.15) is 4.98 Å². The molecule has 0 N–H and O–H groups in total. The van der Waals surface area contributed by atoms with E-state index >= 15 is 0 Å². The van der Waals surface area contributed by atoms with Crippen molar-refractivity contribution in [2.24, 2.45) is 0 Å². The molecule has 0 unspecified atom stereocenters. The molecule has 2 aromatic heterocycles. The molecule has 0 aliphatic carbocycles. The van der Waals surface area contributed by atoms with E-state index < -0.39 is 0 Å². The third-order valence-electron chi connectivity index (χ3n) is 3.55. The Morgan fingerprint density at radius 2 is 2.09 bits per heavy atom. The molecular weight excluding hydrogens is 290 g/mol. The molecule has 5 nitrogen and oxygen atoms in total. The Balaban J connectivity index is 1.83. The molecule has 2 heterocycles. The summed E-state index contributed by atoms with van der Waals surface area (Å²) in [5, 5.41) is 0. The molecule has 0 fully saturated rings. The van der Waals surface area contributed by atoms with Gasteiger partial charge in [0, 0.05) is 5.69 Å². The highest BCUT2D eigenvalue weighted by molar-refractivity contribution is 5.38. The summed E-state index contributed by atoms with van der Waals surface area (Å²) in [6.07, 6.45) is 10.6. The van der Waals surface area contributed by atoms with E-state index in [9.17, 15) is 0 Å². The molecule has 0 spiro atoms. The van der Waals surface area contributed by atoms with Crippen LogP contribution in [0.5, 0.6) is 11.6 Å². The van der Waals surface area contributed by atoms with E-state index in [2.05, 4.69) is 27.8 Å². The molecule has 0 aliphatic rings. The number of ether oxygens (including phenoxy) is 2. The number of pyridine rings is 1. The van der Waals surface area contributed by atoms with Gasteiger partial charge in [0.25, 0.3) is 0 Å². The summed E-state index contributed by atoms with van der Waals surface area (Å²) in [5.41, 5.74) is 1.63. The van der Waals surface area contributed by atoms with Crippen LogP contribution < -0.4 is 9.47 Å². The van der Waals surface area contributed by atoms with Crippen LogP contribution in [0.15, 0.2) is 24.5 Å². The minimum atomic E-state index is 0.351. The van der Waals surface area contributed by atoms with Crippen LogP contribution in [0.2, 0.25) is 0 Å². The van der Waals surface area contributed by atoms with Gasteiger partial charge in [-0.25, -0.2) is 4.98 Å². The van der Waals surface area contributed by atoms with Crippen molar-refractivity contribution in [3.63, 3.8) is 0 Å². The maximum Gasteiger partial charge on any atom is 0.232 e. The largest absolute Gasteiger partial charge is 0.495 e. The number of terminal acetylenes is 1. The van der Waals surface area contributed by atoms with Crippen LogP contribution in [-0.4, -0.2) is 28.7 Å². The number of rotatable bonds is 7. The van der Waals surface area contributed by atoms with Gasteiger partial charge in [0.2, 0.25) is 5.88 Å². The molecule has 2 aromatic rings. The quantitative estimate of drug-likeness (QED) is 0.581. The molecule has 0 bridgehead atoms. The Morgan fingerprint density at radius 3 is 2.74 bits per heavy atom. The molecule has 23 heavy (non-hydrogen) atoms. The van der Waals surface area contributed by atoms with Gasteiger partial charge in [0.1, 0.15) is 17.1 Å². The first kappa shape index (κ1) is 16.8. The highest BCUT2D eigenvalue weighted by Gasteiger charge is 2.09.